The van der Waals surface area contributed by atoms with Crippen molar-refractivity contribution in [1.82, 2.24) is 4.90 Å². The Hall–Kier alpha value is -2.44. The summed E-state index contributed by atoms with van der Waals surface area (Å²) in [5, 5.41) is 31.0. The van der Waals surface area contributed by atoms with Crippen LogP contribution >= 0.6 is 0 Å². The summed E-state index contributed by atoms with van der Waals surface area (Å²) in [4.78, 5) is 26.2. The fourth-order valence-electron chi connectivity index (χ4n) is 5.22. The van der Waals surface area contributed by atoms with Gasteiger partial charge in [0, 0.05) is 13.0 Å². The molecule has 6 nitrogen and oxygen atoms in total. The number of aryl methyl sites for hydroxylation is 2. The first-order valence-electron chi connectivity index (χ1n) is 10.8. The van der Waals surface area contributed by atoms with Gasteiger partial charge in [-0.25, -0.2) is 0 Å². The molecule has 0 bridgehead atoms. The second-order valence-electron chi connectivity index (χ2n) is 9.15. The molecular weight excluding hydrogens is 394 g/mol. The Morgan fingerprint density at radius 2 is 1.81 bits per heavy atom. The summed E-state index contributed by atoms with van der Waals surface area (Å²) in [6, 6.07) is 3.86. The molecule has 1 aromatic rings. The third-order valence-electron chi connectivity index (χ3n) is 6.84. The van der Waals surface area contributed by atoms with Crippen LogP contribution in [0.2, 0.25) is 0 Å². The maximum atomic E-state index is 12.6. The van der Waals surface area contributed by atoms with Gasteiger partial charge in [-0.05, 0) is 81.4 Å². The molecule has 1 fully saturated rings. The monoisotopic (exact) mass is 427 g/mol. The molecule has 3 N–H and O–H groups in total. The Balaban J connectivity index is 1.76. The van der Waals surface area contributed by atoms with Gasteiger partial charge in [-0.15, -0.1) is 0 Å². The number of allylic oxidation sites excluding steroid dienone is 2. The maximum Gasteiger partial charge on any atom is 0.233 e. The fourth-order valence-corrected chi connectivity index (χ4v) is 5.22. The van der Waals surface area contributed by atoms with Crippen molar-refractivity contribution in [3.63, 3.8) is 0 Å². The Bertz CT molecular complexity index is 938. The van der Waals surface area contributed by atoms with Crippen molar-refractivity contribution in [2.45, 2.75) is 53.1 Å². The number of carbonyl (C=O) groups is 2. The zero-order chi connectivity index (χ0) is 23.0. The number of phenols is 1. The lowest BCUT2D eigenvalue weighted by atomic mass is 9.68. The van der Waals surface area contributed by atoms with Crippen LogP contribution in [-0.2, 0) is 9.59 Å². The largest absolute Gasteiger partial charge is 0.507 e. The smallest absolute Gasteiger partial charge is 0.233 e. The number of hydrogen-bond donors (Lipinski definition) is 3. The van der Waals surface area contributed by atoms with E-state index in [1.165, 1.54) is 7.05 Å². The van der Waals surface area contributed by atoms with Crippen LogP contribution in [0.5, 0.6) is 5.75 Å². The zero-order valence-electron chi connectivity index (χ0n) is 19.0. The average molecular weight is 428 g/mol. The molecule has 31 heavy (non-hydrogen) atoms. The standard InChI is InChI=1S/C25H33NO5/c1-13(8-17-9-15(3)23(29)16(4)10-17)6-7-20(28)21-14(2)11-18-22(19(21)12-27)25(31)26(5)24(18)30/h8-10,18-20,22,27-29H,6-7,11-12H2,1-5H3/b13-8+/t18-,19+,20-,22-/m1/s1. The normalized spacial score (nSPS) is 25.3. The van der Waals surface area contributed by atoms with Crippen LogP contribution in [-0.4, -0.2) is 51.8 Å². The second-order valence-corrected chi connectivity index (χ2v) is 9.15. The maximum absolute atomic E-state index is 12.6. The minimum absolute atomic E-state index is 0.195. The topological polar surface area (TPSA) is 98.1 Å². The Kier molecular flexibility index (Phi) is 6.72. The molecule has 0 radical (unpaired) electrons. The predicted octanol–water partition coefficient (Wildman–Crippen LogP) is 3.11. The minimum Gasteiger partial charge on any atom is -0.507 e. The molecule has 1 aliphatic carbocycles. The van der Waals surface area contributed by atoms with Crippen molar-refractivity contribution >= 4 is 17.9 Å². The molecule has 3 rings (SSSR count). The van der Waals surface area contributed by atoms with E-state index in [4.69, 9.17) is 0 Å². The van der Waals surface area contributed by atoms with E-state index in [0.29, 0.717) is 30.6 Å². The Morgan fingerprint density at radius 1 is 1.19 bits per heavy atom. The summed E-state index contributed by atoms with van der Waals surface area (Å²) in [6.07, 6.45) is 2.83. The van der Waals surface area contributed by atoms with Gasteiger partial charge >= 0.3 is 0 Å². The summed E-state index contributed by atoms with van der Waals surface area (Å²) in [5.41, 5.74) is 5.34. The van der Waals surface area contributed by atoms with Gasteiger partial charge in [0.2, 0.25) is 11.8 Å². The SMILES string of the molecule is CC1=C([C@H](O)CC/C(C)=C/c2cc(C)c(O)c(C)c2)[C@H](CO)[C@@H]2C(=O)N(C)C(=O)[C@@H]2C1. The van der Waals surface area contributed by atoms with Gasteiger partial charge in [0.15, 0.2) is 0 Å². The number of amides is 2. The molecule has 2 aliphatic rings. The number of aromatic hydroxyl groups is 1. The van der Waals surface area contributed by atoms with Crippen molar-refractivity contribution in [3.05, 3.63) is 45.5 Å². The van der Waals surface area contributed by atoms with Crippen LogP contribution in [0, 0.1) is 31.6 Å². The van der Waals surface area contributed by atoms with E-state index in [1.54, 1.807) is 0 Å². The molecule has 6 heteroatoms. The van der Waals surface area contributed by atoms with Gasteiger partial charge < -0.3 is 15.3 Å². The number of imide groups is 1. The summed E-state index contributed by atoms with van der Waals surface area (Å²) >= 11 is 0. The number of hydrogen-bond acceptors (Lipinski definition) is 5. The van der Waals surface area contributed by atoms with Crippen LogP contribution in [0.3, 0.4) is 0 Å². The summed E-state index contributed by atoms with van der Waals surface area (Å²) in [7, 11) is 1.49. The fraction of sp³-hybridized carbons (Fsp3) is 0.520. The van der Waals surface area contributed by atoms with Gasteiger partial charge in [-0.2, -0.15) is 0 Å². The lowest BCUT2D eigenvalue weighted by Gasteiger charge is -2.35. The van der Waals surface area contributed by atoms with Gasteiger partial charge in [-0.1, -0.05) is 17.2 Å². The first-order valence-corrected chi connectivity index (χ1v) is 10.8. The number of fused-ring (bicyclic) bond motifs is 1. The first-order chi connectivity index (χ1) is 14.6. The Labute approximate surface area is 183 Å². The van der Waals surface area contributed by atoms with E-state index in [2.05, 4.69) is 0 Å². The zero-order valence-corrected chi connectivity index (χ0v) is 19.0. The molecule has 2 amide bonds. The van der Waals surface area contributed by atoms with Crippen LogP contribution in [0.1, 0.15) is 49.8 Å². The van der Waals surface area contributed by atoms with E-state index in [-0.39, 0.29) is 18.4 Å². The number of likely N-dealkylation sites (tertiary alicyclic amines) is 1. The van der Waals surface area contributed by atoms with E-state index in [9.17, 15) is 24.9 Å². The van der Waals surface area contributed by atoms with Gasteiger partial charge in [0.25, 0.3) is 0 Å². The highest BCUT2D eigenvalue weighted by molar-refractivity contribution is 6.05. The number of carbonyl (C=O) groups excluding carboxylic acids is 2. The highest BCUT2D eigenvalue weighted by Crippen LogP contribution is 2.45. The Morgan fingerprint density at radius 3 is 2.39 bits per heavy atom. The molecule has 1 aliphatic heterocycles. The van der Waals surface area contributed by atoms with Crippen molar-refractivity contribution < 1.29 is 24.9 Å². The molecule has 1 aromatic carbocycles. The number of nitrogens with zero attached hydrogens (tertiary/aromatic N) is 1. The summed E-state index contributed by atoms with van der Waals surface area (Å²) < 4.78 is 0. The molecule has 0 aromatic heterocycles. The molecule has 0 unspecified atom stereocenters. The number of aliphatic hydroxyl groups is 2. The second kappa shape index (κ2) is 8.97. The highest BCUT2D eigenvalue weighted by Gasteiger charge is 2.53. The first kappa shape index (κ1) is 23.2. The van der Waals surface area contributed by atoms with Crippen LogP contribution in [0.15, 0.2) is 28.9 Å². The quantitative estimate of drug-likeness (QED) is 0.479. The van der Waals surface area contributed by atoms with Gasteiger partial charge in [0.05, 0.1) is 24.5 Å². The minimum atomic E-state index is -0.779. The summed E-state index contributed by atoms with van der Waals surface area (Å²) in [5.74, 6) is -1.70. The molecule has 0 spiro atoms. The van der Waals surface area contributed by atoms with Crippen LogP contribution in [0.25, 0.3) is 6.08 Å². The molecular formula is C25H33NO5. The molecule has 4 atom stereocenters. The number of aliphatic hydroxyl groups excluding tert-OH is 2. The van der Waals surface area contributed by atoms with Crippen molar-refractivity contribution in [1.29, 1.82) is 0 Å². The molecule has 168 valence electrons. The van der Waals surface area contributed by atoms with Crippen LogP contribution < -0.4 is 0 Å². The third kappa shape index (κ3) is 4.32. The van der Waals surface area contributed by atoms with Gasteiger partial charge in [-0.3, -0.25) is 14.5 Å². The van der Waals surface area contributed by atoms with Gasteiger partial charge in [0.1, 0.15) is 5.75 Å². The lowest BCUT2D eigenvalue weighted by molar-refractivity contribution is -0.138. The summed E-state index contributed by atoms with van der Waals surface area (Å²) in [6.45, 7) is 7.36. The van der Waals surface area contributed by atoms with Crippen LogP contribution in [0.4, 0.5) is 0 Å². The number of rotatable bonds is 6. The molecule has 1 heterocycles. The van der Waals surface area contributed by atoms with E-state index >= 15 is 0 Å². The van der Waals surface area contributed by atoms with Crippen molar-refractivity contribution in [2.24, 2.45) is 17.8 Å². The lowest BCUT2D eigenvalue weighted by Crippen LogP contribution is -2.38. The molecule has 1 saturated heterocycles. The van der Waals surface area contributed by atoms with E-state index < -0.39 is 23.9 Å². The third-order valence-corrected chi connectivity index (χ3v) is 6.84. The van der Waals surface area contributed by atoms with E-state index in [0.717, 1.165) is 32.7 Å². The average Bonchev–Trinajstić information content (AvgIpc) is 2.93. The predicted molar refractivity (Wildman–Crippen MR) is 119 cm³/mol. The van der Waals surface area contributed by atoms with Crippen molar-refractivity contribution in [3.8, 4) is 5.75 Å². The van der Waals surface area contributed by atoms with Crippen molar-refractivity contribution in [2.75, 3.05) is 13.7 Å². The van der Waals surface area contributed by atoms with E-state index in [1.807, 2.05) is 45.9 Å². The number of phenolic OH excluding ortho intramolecular Hbond substituents is 1. The number of benzene rings is 1. The molecule has 0 saturated carbocycles. The highest BCUT2D eigenvalue weighted by atomic mass is 16.3.